The molecule has 6 heteroatoms. The highest BCUT2D eigenvalue weighted by Gasteiger charge is 2.24. The van der Waals surface area contributed by atoms with Crippen LogP contribution < -0.4 is 5.73 Å². The lowest BCUT2D eigenvalue weighted by atomic mass is 10.1. The smallest absolute Gasteiger partial charge is 0.153 e. The van der Waals surface area contributed by atoms with Crippen LogP contribution in [0, 0.1) is 0 Å². The van der Waals surface area contributed by atoms with Crippen LogP contribution in [0.1, 0.15) is 32.0 Å². The fraction of sp³-hybridized carbons (Fsp3) is 0.778. The van der Waals surface area contributed by atoms with Crippen molar-refractivity contribution < 1.29 is 4.74 Å². The number of aromatic nitrogens is 3. The lowest BCUT2D eigenvalue weighted by Crippen LogP contribution is -2.30. The van der Waals surface area contributed by atoms with Crippen molar-refractivity contribution in [3.05, 3.63) is 10.3 Å². The molecule has 0 spiro atoms. The molecule has 0 aliphatic carbocycles. The minimum Gasteiger partial charge on any atom is -0.376 e. The van der Waals surface area contributed by atoms with Crippen molar-refractivity contribution in [2.45, 2.75) is 32.4 Å². The molecule has 5 nitrogen and oxygen atoms in total. The van der Waals surface area contributed by atoms with Gasteiger partial charge in [-0.15, -0.1) is 5.10 Å². The van der Waals surface area contributed by atoms with E-state index >= 15 is 0 Å². The summed E-state index contributed by atoms with van der Waals surface area (Å²) < 4.78 is 7.94. The summed E-state index contributed by atoms with van der Waals surface area (Å²) in [6, 6.07) is -0.204. The van der Waals surface area contributed by atoms with Gasteiger partial charge in [-0.3, -0.25) is 0 Å². The minimum absolute atomic E-state index is 0.00324. The molecule has 0 aliphatic rings. The van der Waals surface area contributed by atoms with E-state index in [1.807, 2.05) is 14.0 Å². The molecular formula is C9H17BrN4O. The predicted octanol–water partition coefficient (Wildman–Crippen LogP) is 1.39. The van der Waals surface area contributed by atoms with Gasteiger partial charge >= 0.3 is 0 Å². The molecule has 0 amide bonds. The van der Waals surface area contributed by atoms with E-state index in [1.54, 1.807) is 4.68 Å². The van der Waals surface area contributed by atoms with Gasteiger partial charge in [0.25, 0.3) is 0 Å². The quantitative estimate of drug-likeness (QED) is 0.883. The average Bonchev–Trinajstić information content (AvgIpc) is 2.54. The maximum absolute atomic E-state index is 6.13. The van der Waals surface area contributed by atoms with Crippen molar-refractivity contribution in [3.63, 3.8) is 0 Å². The third-order valence-corrected chi connectivity index (χ3v) is 2.89. The molecule has 86 valence electrons. The van der Waals surface area contributed by atoms with Crippen LogP contribution in [0.4, 0.5) is 0 Å². The predicted molar refractivity (Wildman–Crippen MR) is 61.3 cm³/mol. The molecule has 0 bridgehead atoms. The molecule has 2 N–H and O–H groups in total. The number of nitrogens with two attached hydrogens (primary N) is 1. The van der Waals surface area contributed by atoms with Gasteiger partial charge in [0.2, 0.25) is 0 Å². The second-order valence-electron chi connectivity index (χ2n) is 3.32. The topological polar surface area (TPSA) is 66.0 Å². The summed E-state index contributed by atoms with van der Waals surface area (Å²) in [4.78, 5) is 0. The van der Waals surface area contributed by atoms with Crippen molar-refractivity contribution in [2.75, 3.05) is 6.61 Å². The number of nitrogens with zero attached hydrogens (tertiary/aromatic N) is 3. The molecule has 0 saturated heterocycles. The molecule has 0 radical (unpaired) electrons. The SMILES string of the molecule is CCOC(CC)C(N)c1c(Br)nnn1C. The number of halogens is 1. The Morgan fingerprint density at radius 3 is 2.60 bits per heavy atom. The summed E-state index contributed by atoms with van der Waals surface area (Å²) in [5.41, 5.74) is 7.00. The summed E-state index contributed by atoms with van der Waals surface area (Å²) in [5.74, 6) is 0. The summed E-state index contributed by atoms with van der Waals surface area (Å²) >= 11 is 3.34. The zero-order valence-electron chi connectivity index (χ0n) is 9.27. The van der Waals surface area contributed by atoms with Crippen LogP contribution in [0.5, 0.6) is 0 Å². The fourth-order valence-corrected chi connectivity index (χ4v) is 2.15. The lowest BCUT2D eigenvalue weighted by Gasteiger charge is -2.22. The molecule has 1 aromatic heterocycles. The number of rotatable bonds is 5. The highest BCUT2D eigenvalue weighted by molar-refractivity contribution is 9.10. The van der Waals surface area contributed by atoms with Gasteiger partial charge in [0.05, 0.1) is 17.8 Å². The van der Waals surface area contributed by atoms with Gasteiger partial charge in [-0.2, -0.15) is 0 Å². The fourth-order valence-electron chi connectivity index (χ4n) is 1.56. The molecule has 1 heterocycles. The highest BCUT2D eigenvalue weighted by atomic mass is 79.9. The molecule has 1 aromatic rings. The first-order valence-corrected chi connectivity index (χ1v) is 5.83. The minimum atomic E-state index is -0.204. The largest absolute Gasteiger partial charge is 0.376 e. The highest BCUT2D eigenvalue weighted by Crippen LogP contribution is 2.24. The van der Waals surface area contributed by atoms with Crippen LogP contribution in [0.3, 0.4) is 0 Å². The molecule has 0 fully saturated rings. The third-order valence-electron chi connectivity index (χ3n) is 2.33. The van der Waals surface area contributed by atoms with Gasteiger partial charge in [0.15, 0.2) is 4.60 Å². The van der Waals surface area contributed by atoms with Crippen LogP contribution in [-0.4, -0.2) is 27.7 Å². The van der Waals surface area contributed by atoms with E-state index in [0.29, 0.717) is 11.2 Å². The van der Waals surface area contributed by atoms with Crippen molar-refractivity contribution in [1.29, 1.82) is 0 Å². The van der Waals surface area contributed by atoms with Crippen molar-refractivity contribution in [3.8, 4) is 0 Å². The van der Waals surface area contributed by atoms with E-state index in [1.165, 1.54) is 0 Å². The number of ether oxygens (including phenoxy) is 1. The molecular weight excluding hydrogens is 260 g/mol. The van der Waals surface area contributed by atoms with Gasteiger partial charge in [-0.05, 0) is 29.3 Å². The summed E-state index contributed by atoms with van der Waals surface area (Å²) in [6.07, 6.45) is 0.871. The monoisotopic (exact) mass is 276 g/mol. The molecule has 0 aromatic carbocycles. The maximum Gasteiger partial charge on any atom is 0.153 e. The van der Waals surface area contributed by atoms with Crippen LogP contribution in [0.25, 0.3) is 0 Å². The third kappa shape index (κ3) is 2.76. The van der Waals surface area contributed by atoms with Gasteiger partial charge in [-0.25, -0.2) is 4.68 Å². The number of hydrogen-bond acceptors (Lipinski definition) is 4. The first kappa shape index (κ1) is 12.6. The van der Waals surface area contributed by atoms with Gasteiger partial charge in [-0.1, -0.05) is 12.1 Å². The zero-order chi connectivity index (χ0) is 11.4. The van der Waals surface area contributed by atoms with E-state index in [4.69, 9.17) is 10.5 Å². The zero-order valence-corrected chi connectivity index (χ0v) is 10.9. The van der Waals surface area contributed by atoms with Crippen LogP contribution in [0.15, 0.2) is 4.60 Å². The summed E-state index contributed by atoms with van der Waals surface area (Å²) in [7, 11) is 1.83. The van der Waals surface area contributed by atoms with E-state index in [0.717, 1.165) is 12.1 Å². The second kappa shape index (κ2) is 5.58. The molecule has 2 unspecified atom stereocenters. The Bertz CT molecular complexity index is 296. The number of hydrogen-bond donors (Lipinski definition) is 1. The van der Waals surface area contributed by atoms with Crippen LogP contribution in [-0.2, 0) is 11.8 Å². The van der Waals surface area contributed by atoms with Crippen molar-refractivity contribution in [1.82, 2.24) is 15.0 Å². The molecule has 2 atom stereocenters. The van der Waals surface area contributed by atoms with Crippen molar-refractivity contribution in [2.24, 2.45) is 12.8 Å². The first-order chi connectivity index (χ1) is 7.11. The standard InChI is InChI=1S/C9H17BrN4O/c1-4-6(15-5-2)7(11)8-9(10)12-13-14(8)3/h6-7H,4-5,11H2,1-3H3. The lowest BCUT2D eigenvalue weighted by molar-refractivity contribution is 0.0394. The Hall–Kier alpha value is -0.460. The summed E-state index contributed by atoms with van der Waals surface area (Å²) in [5, 5.41) is 7.81. The molecule has 15 heavy (non-hydrogen) atoms. The molecule has 0 aliphatic heterocycles. The van der Waals surface area contributed by atoms with E-state index in [2.05, 4.69) is 33.2 Å². The maximum atomic E-state index is 6.13. The second-order valence-corrected chi connectivity index (χ2v) is 4.07. The van der Waals surface area contributed by atoms with Crippen LogP contribution in [0.2, 0.25) is 0 Å². The Balaban J connectivity index is 2.86. The van der Waals surface area contributed by atoms with Gasteiger partial charge < -0.3 is 10.5 Å². The first-order valence-electron chi connectivity index (χ1n) is 5.04. The molecule has 1 rings (SSSR count). The van der Waals surface area contributed by atoms with E-state index in [9.17, 15) is 0 Å². The number of aryl methyl sites for hydroxylation is 1. The van der Waals surface area contributed by atoms with Gasteiger partial charge in [0, 0.05) is 13.7 Å². The van der Waals surface area contributed by atoms with Crippen LogP contribution >= 0.6 is 15.9 Å². The molecule has 0 saturated carbocycles. The van der Waals surface area contributed by atoms with E-state index < -0.39 is 0 Å². The van der Waals surface area contributed by atoms with Gasteiger partial charge in [0.1, 0.15) is 0 Å². The van der Waals surface area contributed by atoms with Crippen molar-refractivity contribution >= 4 is 15.9 Å². The van der Waals surface area contributed by atoms with E-state index in [-0.39, 0.29) is 12.1 Å². The Morgan fingerprint density at radius 1 is 1.53 bits per heavy atom. The Labute approximate surface area is 98.1 Å². The average molecular weight is 277 g/mol. The Morgan fingerprint density at radius 2 is 2.20 bits per heavy atom. The Kier molecular flexibility index (Phi) is 4.69. The summed E-state index contributed by atoms with van der Waals surface area (Å²) in [6.45, 7) is 4.68. The normalized spacial score (nSPS) is 15.3.